The standard InChI is InChI=1S/C20H23N3O/c1-16(2)23(19-10-5-4-6-11-19)20(24)15-22(3)14-18-9-7-8-17(12-18)13-21/h4-12,16H,14-15H2,1-3H3. The van der Waals surface area contributed by atoms with E-state index in [0.717, 1.165) is 11.3 Å². The second-order valence-corrected chi connectivity index (χ2v) is 6.18. The quantitative estimate of drug-likeness (QED) is 0.819. The van der Waals surface area contributed by atoms with E-state index in [2.05, 4.69) is 6.07 Å². The van der Waals surface area contributed by atoms with E-state index in [4.69, 9.17) is 5.26 Å². The molecule has 124 valence electrons. The highest BCUT2D eigenvalue weighted by atomic mass is 16.2. The van der Waals surface area contributed by atoms with Crippen LogP contribution >= 0.6 is 0 Å². The molecule has 2 aromatic rings. The second kappa shape index (κ2) is 8.28. The predicted molar refractivity (Wildman–Crippen MR) is 96.6 cm³/mol. The highest BCUT2D eigenvalue weighted by molar-refractivity contribution is 5.95. The van der Waals surface area contributed by atoms with Crippen molar-refractivity contribution in [2.45, 2.75) is 26.4 Å². The lowest BCUT2D eigenvalue weighted by Gasteiger charge is -2.29. The second-order valence-electron chi connectivity index (χ2n) is 6.18. The molecule has 0 fully saturated rings. The number of hydrogen-bond donors (Lipinski definition) is 0. The van der Waals surface area contributed by atoms with Gasteiger partial charge < -0.3 is 4.90 Å². The Morgan fingerprint density at radius 2 is 1.83 bits per heavy atom. The first-order valence-corrected chi connectivity index (χ1v) is 8.06. The average Bonchev–Trinajstić information content (AvgIpc) is 2.55. The molecule has 0 unspecified atom stereocenters. The van der Waals surface area contributed by atoms with Crippen LogP contribution in [0.3, 0.4) is 0 Å². The van der Waals surface area contributed by atoms with E-state index in [1.165, 1.54) is 0 Å². The summed E-state index contributed by atoms with van der Waals surface area (Å²) in [4.78, 5) is 16.5. The molecule has 0 spiro atoms. The molecule has 0 aliphatic heterocycles. The van der Waals surface area contributed by atoms with Gasteiger partial charge in [0.25, 0.3) is 0 Å². The minimum atomic E-state index is 0.0649. The van der Waals surface area contributed by atoms with Crippen LogP contribution in [0.5, 0.6) is 0 Å². The molecule has 0 radical (unpaired) electrons. The summed E-state index contributed by atoms with van der Waals surface area (Å²) in [5.41, 5.74) is 2.58. The largest absolute Gasteiger partial charge is 0.309 e. The van der Waals surface area contributed by atoms with Crippen LogP contribution in [0.15, 0.2) is 54.6 Å². The predicted octanol–water partition coefficient (Wildman–Crippen LogP) is 3.43. The minimum Gasteiger partial charge on any atom is -0.309 e. The number of hydrogen-bond acceptors (Lipinski definition) is 3. The topological polar surface area (TPSA) is 47.3 Å². The van der Waals surface area contributed by atoms with Gasteiger partial charge in [0, 0.05) is 18.3 Å². The summed E-state index contributed by atoms with van der Waals surface area (Å²) in [6.07, 6.45) is 0. The third-order valence-electron chi connectivity index (χ3n) is 3.73. The fraction of sp³-hybridized carbons (Fsp3) is 0.300. The molecule has 2 aromatic carbocycles. The van der Waals surface area contributed by atoms with Gasteiger partial charge in [0.05, 0.1) is 18.2 Å². The highest BCUT2D eigenvalue weighted by Gasteiger charge is 2.20. The minimum absolute atomic E-state index is 0.0649. The number of nitrogens with zero attached hydrogens (tertiary/aromatic N) is 3. The van der Waals surface area contributed by atoms with Gasteiger partial charge in [-0.1, -0.05) is 30.3 Å². The molecule has 2 rings (SSSR count). The molecule has 0 heterocycles. The molecule has 0 saturated heterocycles. The maximum Gasteiger partial charge on any atom is 0.241 e. The van der Waals surface area contributed by atoms with Gasteiger partial charge >= 0.3 is 0 Å². The SMILES string of the molecule is CC(C)N(C(=O)CN(C)Cc1cccc(C#N)c1)c1ccccc1. The van der Waals surface area contributed by atoms with Crippen LogP contribution in [0, 0.1) is 11.3 Å². The normalized spacial score (nSPS) is 10.7. The van der Waals surface area contributed by atoms with E-state index >= 15 is 0 Å². The molecule has 0 aromatic heterocycles. The Bertz CT molecular complexity index is 719. The van der Waals surface area contributed by atoms with Crippen LogP contribution in [-0.2, 0) is 11.3 Å². The molecular weight excluding hydrogens is 298 g/mol. The van der Waals surface area contributed by atoms with Gasteiger partial charge in [0.15, 0.2) is 0 Å². The van der Waals surface area contributed by atoms with E-state index in [9.17, 15) is 4.79 Å². The Kier molecular flexibility index (Phi) is 6.11. The maximum atomic E-state index is 12.7. The lowest BCUT2D eigenvalue weighted by molar-refractivity contribution is -0.119. The number of anilines is 1. The molecule has 0 aliphatic carbocycles. The highest BCUT2D eigenvalue weighted by Crippen LogP contribution is 2.17. The van der Waals surface area contributed by atoms with Crippen molar-refractivity contribution >= 4 is 11.6 Å². The first-order chi connectivity index (χ1) is 11.5. The van der Waals surface area contributed by atoms with E-state index in [-0.39, 0.29) is 11.9 Å². The summed E-state index contributed by atoms with van der Waals surface area (Å²) in [6.45, 7) is 4.98. The first-order valence-electron chi connectivity index (χ1n) is 8.06. The summed E-state index contributed by atoms with van der Waals surface area (Å²) in [6, 6.07) is 19.4. The van der Waals surface area contributed by atoms with Crippen LogP contribution in [0.4, 0.5) is 5.69 Å². The fourth-order valence-electron chi connectivity index (χ4n) is 2.73. The zero-order valence-electron chi connectivity index (χ0n) is 14.4. The third kappa shape index (κ3) is 4.68. The van der Waals surface area contributed by atoms with Crippen molar-refractivity contribution in [3.8, 4) is 6.07 Å². The number of carbonyl (C=O) groups is 1. The van der Waals surface area contributed by atoms with Gasteiger partial charge in [-0.25, -0.2) is 0 Å². The molecule has 4 heteroatoms. The molecule has 0 aliphatic rings. The first kappa shape index (κ1) is 17.7. The van der Waals surface area contributed by atoms with Crippen molar-refractivity contribution < 1.29 is 4.79 Å². The number of benzene rings is 2. The molecule has 0 bridgehead atoms. The number of likely N-dealkylation sites (N-methyl/N-ethyl adjacent to an activating group) is 1. The lowest BCUT2D eigenvalue weighted by Crippen LogP contribution is -2.42. The van der Waals surface area contributed by atoms with Crippen LogP contribution in [-0.4, -0.2) is 30.4 Å². The molecule has 0 saturated carbocycles. The van der Waals surface area contributed by atoms with Crippen LogP contribution < -0.4 is 4.90 Å². The summed E-state index contributed by atoms with van der Waals surface area (Å²) >= 11 is 0. The fourth-order valence-corrected chi connectivity index (χ4v) is 2.73. The van der Waals surface area contributed by atoms with Gasteiger partial charge in [-0.2, -0.15) is 5.26 Å². The van der Waals surface area contributed by atoms with Gasteiger partial charge in [-0.15, -0.1) is 0 Å². The number of para-hydroxylation sites is 1. The van der Waals surface area contributed by atoms with Gasteiger partial charge in [0.1, 0.15) is 0 Å². The van der Waals surface area contributed by atoms with Crippen LogP contribution in [0.1, 0.15) is 25.0 Å². The molecule has 4 nitrogen and oxygen atoms in total. The number of carbonyl (C=O) groups excluding carboxylic acids is 1. The van der Waals surface area contributed by atoms with Gasteiger partial charge in [-0.3, -0.25) is 9.69 Å². The van der Waals surface area contributed by atoms with Crippen molar-refractivity contribution in [3.05, 3.63) is 65.7 Å². The number of nitriles is 1. The van der Waals surface area contributed by atoms with E-state index in [1.54, 1.807) is 6.07 Å². The molecule has 24 heavy (non-hydrogen) atoms. The van der Waals surface area contributed by atoms with Gasteiger partial charge in [-0.05, 0) is 50.7 Å². The van der Waals surface area contributed by atoms with Crippen molar-refractivity contribution in [2.24, 2.45) is 0 Å². The Hall–Kier alpha value is -2.64. The summed E-state index contributed by atoms with van der Waals surface area (Å²) in [7, 11) is 1.92. The number of amides is 1. The zero-order valence-corrected chi connectivity index (χ0v) is 14.4. The molecule has 0 atom stereocenters. The van der Waals surface area contributed by atoms with Crippen molar-refractivity contribution in [1.29, 1.82) is 5.26 Å². The van der Waals surface area contributed by atoms with Crippen molar-refractivity contribution in [1.82, 2.24) is 4.90 Å². The van der Waals surface area contributed by atoms with Crippen molar-refractivity contribution in [3.63, 3.8) is 0 Å². The van der Waals surface area contributed by atoms with Crippen LogP contribution in [0.2, 0.25) is 0 Å². The molecular formula is C20H23N3O. The molecule has 0 N–H and O–H groups in total. The van der Waals surface area contributed by atoms with E-state index in [1.807, 2.05) is 79.2 Å². The molecule has 1 amide bonds. The third-order valence-corrected chi connectivity index (χ3v) is 3.73. The Morgan fingerprint density at radius 3 is 2.46 bits per heavy atom. The maximum absolute atomic E-state index is 12.7. The van der Waals surface area contributed by atoms with Gasteiger partial charge in [0.2, 0.25) is 5.91 Å². The van der Waals surface area contributed by atoms with Crippen molar-refractivity contribution in [2.75, 3.05) is 18.5 Å². The Balaban J connectivity index is 2.05. The summed E-state index contributed by atoms with van der Waals surface area (Å²) in [5, 5.41) is 8.98. The van der Waals surface area contributed by atoms with Crippen LogP contribution in [0.25, 0.3) is 0 Å². The van der Waals surface area contributed by atoms with E-state index in [0.29, 0.717) is 18.7 Å². The monoisotopic (exact) mass is 321 g/mol. The smallest absolute Gasteiger partial charge is 0.241 e. The summed E-state index contributed by atoms with van der Waals surface area (Å²) in [5.74, 6) is 0.0649. The zero-order chi connectivity index (χ0) is 17.5. The Labute approximate surface area is 143 Å². The number of rotatable bonds is 6. The van der Waals surface area contributed by atoms with E-state index < -0.39 is 0 Å². The lowest BCUT2D eigenvalue weighted by atomic mass is 10.1. The Morgan fingerprint density at radius 1 is 1.12 bits per heavy atom. The average molecular weight is 321 g/mol. The summed E-state index contributed by atoms with van der Waals surface area (Å²) < 4.78 is 0.